The van der Waals surface area contributed by atoms with Crippen LogP contribution in [0.3, 0.4) is 0 Å². The fourth-order valence-corrected chi connectivity index (χ4v) is 3.22. The minimum absolute atomic E-state index is 0.356. The standard InChI is InChI=1S/C22H37N3O3/c1-4-23-22(24-12-7-13-27-15-14-26-3)25-17-19-11-10-18(2)16-21(19)28-20-8-5-6-9-20/h10-11,16,20H,4-9,12-15,17H2,1-3H3,(H2,23,24,25). The Morgan fingerprint density at radius 3 is 2.71 bits per heavy atom. The molecule has 0 aromatic heterocycles. The summed E-state index contributed by atoms with van der Waals surface area (Å²) in [7, 11) is 1.68. The van der Waals surface area contributed by atoms with Gasteiger partial charge in [-0.2, -0.15) is 0 Å². The summed E-state index contributed by atoms with van der Waals surface area (Å²) in [5, 5.41) is 6.68. The zero-order chi connectivity index (χ0) is 20.0. The second-order valence-corrected chi connectivity index (χ2v) is 7.22. The van der Waals surface area contributed by atoms with Crippen LogP contribution in [0.4, 0.5) is 0 Å². The van der Waals surface area contributed by atoms with Crippen molar-refractivity contribution >= 4 is 5.96 Å². The van der Waals surface area contributed by atoms with Gasteiger partial charge in [-0.05, 0) is 57.6 Å². The third kappa shape index (κ3) is 8.48. The second-order valence-electron chi connectivity index (χ2n) is 7.22. The summed E-state index contributed by atoms with van der Waals surface area (Å²) < 4.78 is 16.8. The van der Waals surface area contributed by atoms with Gasteiger partial charge in [-0.1, -0.05) is 12.1 Å². The molecule has 1 aliphatic rings. The van der Waals surface area contributed by atoms with E-state index in [9.17, 15) is 0 Å². The van der Waals surface area contributed by atoms with Crippen LogP contribution in [-0.2, 0) is 16.0 Å². The molecule has 6 heteroatoms. The molecule has 6 nitrogen and oxygen atoms in total. The van der Waals surface area contributed by atoms with Crippen molar-refractivity contribution in [1.29, 1.82) is 0 Å². The Bertz CT molecular complexity index is 586. The maximum absolute atomic E-state index is 6.29. The third-order valence-electron chi connectivity index (χ3n) is 4.76. The first-order chi connectivity index (χ1) is 13.7. The lowest BCUT2D eigenvalue weighted by atomic mass is 10.1. The number of benzene rings is 1. The molecule has 1 aliphatic carbocycles. The molecule has 0 amide bonds. The number of guanidine groups is 1. The molecule has 1 saturated carbocycles. The first-order valence-electron chi connectivity index (χ1n) is 10.6. The Morgan fingerprint density at radius 1 is 1.14 bits per heavy atom. The van der Waals surface area contributed by atoms with Gasteiger partial charge in [0.05, 0.1) is 25.9 Å². The Kier molecular flexibility index (Phi) is 10.8. The van der Waals surface area contributed by atoms with Gasteiger partial charge in [-0.25, -0.2) is 4.99 Å². The van der Waals surface area contributed by atoms with Crippen molar-refractivity contribution in [3.63, 3.8) is 0 Å². The van der Waals surface area contributed by atoms with Crippen molar-refractivity contribution in [2.45, 2.75) is 58.6 Å². The van der Waals surface area contributed by atoms with E-state index >= 15 is 0 Å². The number of ether oxygens (including phenoxy) is 3. The Morgan fingerprint density at radius 2 is 1.96 bits per heavy atom. The van der Waals surface area contributed by atoms with Gasteiger partial charge in [0, 0.05) is 32.4 Å². The molecule has 0 saturated heterocycles. The predicted molar refractivity (Wildman–Crippen MR) is 114 cm³/mol. The number of aryl methyl sites for hydroxylation is 1. The first kappa shape index (κ1) is 22.5. The van der Waals surface area contributed by atoms with E-state index in [2.05, 4.69) is 42.7 Å². The summed E-state index contributed by atoms with van der Waals surface area (Å²) in [6, 6.07) is 6.40. The van der Waals surface area contributed by atoms with E-state index in [0.717, 1.165) is 49.6 Å². The number of nitrogens with one attached hydrogen (secondary N) is 2. The molecule has 0 radical (unpaired) electrons. The largest absolute Gasteiger partial charge is 0.490 e. The first-order valence-corrected chi connectivity index (χ1v) is 10.6. The molecular formula is C22H37N3O3. The van der Waals surface area contributed by atoms with Crippen LogP contribution >= 0.6 is 0 Å². The molecule has 0 atom stereocenters. The normalized spacial score (nSPS) is 15.0. The minimum atomic E-state index is 0.356. The van der Waals surface area contributed by atoms with E-state index in [1.165, 1.54) is 18.4 Å². The van der Waals surface area contributed by atoms with Crippen LogP contribution in [0.1, 0.15) is 50.2 Å². The molecule has 1 aromatic rings. The molecule has 0 heterocycles. The molecule has 1 fully saturated rings. The molecule has 0 bridgehead atoms. The van der Waals surface area contributed by atoms with Gasteiger partial charge in [0.2, 0.25) is 0 Å². The van der Waals surface area contributed by atoms with E-state index < -0.39 is 0 Å². The molecule has 1 aromatic carbocycles. The highest BCUT2D eigenvalue weighted by Gasteiger charge is 2.18. The van der Waals surface area contributed by atoms with Crippen LogP contribution in [0, 0.1) is 6.92 Å². The van der Waals surface area contributed by atoms with Crippen molar-refractivity contribution in [2.24, 2.45) is 4.99 Å². The summed E-state index contributed by atoms with van der Waals surface area (Å²) in [5.41, 5.74) is 2.36. The van der Waals surface area contributed by atoms with E-state index in [-0.39, 0.29) is 0 Å². The molecule has 2 N–H and O–H groups in total. The van der Waals surface area contributed by atoms with Crippen molar-refractivity contribution in [3.05, 3.63) is 29.3 Å². The average Bonchev–Trinajstić information content (AvgIpc) is 3.19. The SMILES string of the molecule is CCNC(=NCc1ccc(C)cc1OC1CCCC1)NCCCOCCOC. The summed E-state index contributed by atoms with van der Waals surface area (Å²) in [5.74, 6) is 1.81. The predicted octanol–water partition coefficient (Wildman–Crippen LogP) is 3.42. The Hall–Kier alpha value is -1.79. The number of nitrogens with zero attached hydrogens (tertiary/aromatic N) is 1. The molecule has 0 unspecified atom stereocenters. The monoisotopic (exact) mass is 391 g/mol. The van der Waals surface area contributed by atoms with Crippen LogP contribution < -0.4 is 15.4 Å². The molecule has 0 spiro atoms. The van der Waals surface area contributed by atoms with Crippen molar-refractivity contribution in [3.8, 4) is 5.75 Å². The van der Waals surface area contributed by atoms with Crippen molar-refractivity contribution in [2.75, 3.05) is 40.0 Å². The highest BCUT2D eigenvalue weighted by atomic mass is 16.5. The van der Waals surface area contributed by atoms with E-state index in [1.807, 2.05) is 0 Å². The van der Waals surface area contributed by atoms with Gasteiger partial charge in [0.15, 0.2) is 5.96 Å². The molecule has 2 rings (SSSR count). The zero-order valence-electron chi connectivity index (χ0n) is 17.8. The lowest BCUT2D eigenvalue weighted by Gasteiger charge is -2.17. The maximum Gasteiger partial charge on any atom is 0.191 e. The van der Waals surface area contributed by atoms with E-state index in [0.29, 0.717) is 32.5 Å². The Balaban J connectivity index is 1.86. The molecular weight excluding hydrogens is 354 g/mol. The number of hydrogen-bond donors (Lipinski definition) is 2. The van der Waals surface area contributed by atoms with Gasteiger partial charge in [-0.15, -0.1) is 0 Å². The summed E-state index contributed by atoms with van der Waals surface area (Å²) in [4.78, 5) is 4.75. The van der Waals surface area contributed by atoms with Crippen LogP contribution in [0.2, 0.25) is 0 Å². The van der Waals surface area contributed by atoms with Crippen LogP contribution in [0.25, 0.3) is 0 Å². The maximum atomic E-state index is 6.29. The van der Waals surface area contributed by atoms with Crippen molar-refractivity contribution < 1.29 is 14.2 Å². The molecule has 0 aliphatic heterocycles. The fourth-order valence-electron chi connectivity index (χ4n) is 3.22. The zero-order valence-corrected chi connectivity index (χ0v) is 17.8. The second kappa shape index (κ2) is 13.4. The van der Waals surface area contributed by atoms with Gasteiger partial charge in [0.25, 0.3) is 0 Å². The van der Waals surface area contributed by atoms with Gasteiger partial charge in [0.1, 0.15) is 5.75 Å². The highest BCUT2D eigenvalue weighted by molar-refractivity contribution is 5.79. The third-order valence-corrected chi connectivity index (χ3v) is 4.76. The topological polar surface area (TPSA) is 64.1 Å². The average molecular weight is 392 g/mol. The van der Waals surface area contributed by atoms with Gasteiger partial charge >= 0.3 is 0 Å². The lowest BCUT2D eigenvalue weighted by Crippen LogP contribution is -2.38. The number of rotatable bonds is 12. The molecule has 28 heavy (non-hydrogen) atoms. The lowest BCUT2D eigenvalue weighted by molar-refractivity contribution is 0.0698. The van der Waals surface area contributed by atoms with Gasteiger partial charge in [-0.3, -0.25) is 0 Å². The number of methoxy groups -OCH3 is 1. The highest BCUT2D eigenvalue weighted by Crippen LogP contribution is 2.28. The van der Waals surface area contributed by atoms with Crippen LogP contribution in [-0.4, -0.2) is 52.1 Å². The number of aliphatic imine (C=N–C) groups is 1. The van der Waals surface area contributed by atoms with E-state index in [4.69, 9.17) is 19.2 Å². The Labute approximate surface area is 170 Å². The smallest absolute Gasteiger partial charge is 0.191 e. The molecule has 158 valence electrons. The van der Waals surface area contributed by atoms with Gasteiger partial charge < -0.3 is 24.8 Å². The van der Waals surface area contributed by atoms with Crippen molar-refractivity contribution in [1.82, 2.24) is 10.6 Å². The summed E-state index contributed by atoms with van der Waals surface area (Å²) in [6.45, 7) is 8.42. The van der Waals surface area contributed by atoms with Crippen LogP contribution in [0.5, 0.6) is 5.75 Å². The number of hydrogen-bond acceptors (Lipinski definition) is 4. The quantitative estimate of drug-likeness (QED) is 0.325. The van der Waals surface area contributed by atoms with Crippen LogP contribution in [0.15, 0.2) is 23.2 Å². The fraction of sp³-hybridized carbons (Fsp3) is 0.682. The summed E-state index contributed by atoms with van der Waals surface area (Å²) >= 11 is 0. The summed E-state index contributed by atoms with van der Waals surface area (Å²) in [6.07, 6.45) is 6.14. The van der Waals surface area contributed by atoms with E-state index in [1.54, 1.807) is 7.11 Å². The minimum Gasteiger partial charge on any atom is -0.490 e.